The zero-order valence-electron chi connectivity index (χ0n) is 13.9. The van der Waals surface area contributed by atoms with Crippen molar-refractivity contribution in [2.45, 2.75) is 32.1 Å². The van der Waals surface area contributed by atoms with Crippen molar-refractivity contribution in [2.24, 2.45) is 5.92 Å². The van der Waals surface area contributed by atoms with E-state index in [4.69, 9.17) is 11.6 Å². The van der Waals surface area contributed by atoms with Crippen LogP contribution in [0.25, 0.3) is 22.4 Å². The van der Waals surface area contributed by atoms with Crippen LogP contribution >= 0.6 is 11.6 Å². The van der Waals surface area contributed by atoms with E-state index in [-0.39, 0.29) is 11.8 Å². The third-order valence-electron chi connectivity index (χ3n) is 4.84. The van der Waals surface area contributed by atoms with Gasteiger partial charge in [-0.05, 0) is 55.3 Å². The van der Waals surface area contributed by atoms with Gasteiger partial charge in [0.05, 0.1) is 11.0 Å². The first kappa shape index (κ1) is 16.2. The molecule has 128 valence electrons. The normalized spacial score (nSPS) is 15.4. The van der Waals surface area contributed by atoms with Crippen molar-refractivity contribution < 1.29 is 4.79 Å². The predicted molar refractivity (Wildman–Crippen MR) is 102 cm³/mol. The number of nitrogens with zero attached hydrogens (tertiary/aromatic N) is 1. The van der Waals surface area contributed by atoms with Crippen LogP contribution in [0.2, 0.25) is 5.02 Å². The van der Waals surface area contributed by atoms with Crippen LogP contribution in [0.1, 0.15) is 32.1 Å². The minimum Gasteiger partial charge on any atom is -0.338 e. The Balaban J connectivity index is 1.55. The molecule has 1 heterocycles. The van der Waals surface area contributed by atoms with Crippen LogP contribution in [-0.2, 0) is 4.79 Å². The number of hydrogen-bond acceptors (Lipinski definition) is 2. The highest BCUT2D eigenvalue weighted by Crippen LogP contribution is 2.27. The molecule has 1 fully saturated rings. The largest absolute Gasteiger partial charge is 0.338 e. The van der Waals surface area contributed by atoms with E-state index in [0.717, 1.165) is 53.8 Å². The van der Waals surface area contributed by atoms with Crippen molar-refractivity contribution in [1.29, 1.82) is 0 Å². The lowest BCUT2D eigenvalue weighted by Gasteiger charge is -2.20. The van der Waals surface area contributed by atoms with E-state index < -0.39 is 0 Å². The Morgan fingerprint density at radius 3 is 2.60 bits per heavy atom. The molecule has 4 nitrogen and oxygen atoms in total. The van der Waals surface area contributed by atoms with E-state index in [1.54, 1.807) is 0 Å². The van der Waals surface area contributed by atoms with Gasteiger partial charge in [0.15, 0.2) is 0 Å². The van der Waals surface area contributed by atoms with Crippen molar-refractivity contribution in [2.75, 3.05) is 5.32 Å². The predicted octanol–water partition coefficient (Wildman–Crippen LogP) is 5.40. The maximum Gasteiger partial charge on any atom is 0.227 e. The van der Waals surface area contributed by atoms with Gasteiger partial charge in [-0.2, -0.15) is 0 Å². The summed E-state index contributed by atoms with van der Waals surface area (Å²) in [6.07, 6.45) is 5.55. The molecule has 0 saturated heterocycles. The monoisotopic (exact) mass is 353 g/mol. The Morgan fingerprint density at radius 1 is 1.08 bits per heavy atom. The fraction of sp³-hybridized carbons (Fsp3) is 0.300. The van der Waals surface area contributed by atoms with Crippen molar-refractivity contribution >= 4 is 34.2 Å². The van der Waals surface area contributed by atoms with Gasteiger partial charge in [0, 0.05) is 22.2 Å². The maximum atomic E-state index is 12.4. The van der Waals surface area contributed by atoms with Crippen molar-refractivity contribution in [3.8, 4) is 11.4 Å². The van der Waals surface area contributed by atoms with Crippen LogP contribution in [0.4, 0.5) is 5.69 Å². The van der Waals surface area contributed by atoms with E-state index >= 15 is 0 Å². The first-order valence-corrected chi connectivity index (χ1v) is 9.13. The van der Waals surface area contributed by atoms with Gasteiger partial charge in [0.25, 0.3) is 0 Å². The van der Waals surface area contributed by atoms with Crippen molar-refractivity contribution in [3.05, 3.63) is 47.5 Å². The number of nitrogens with one attached hydrogen (secondary N) is 2. The lowest BCUT2D eigenvalue weighted by molar-refractivity contribution is -0.120. The number of H-pyrrole nitrogens is 1. The number of aromatic amines is 1. The van der Waals surface area contributed by atoms with Crippen molar-refractivity contribution in [3.63, 3.8) is 0 Å². The van der Waals surface area contributed by atoms with Crippen LogP contribution in [0, 0.1) is 5.92 Å². The van der Waals surface area contributed by atoms with Crippen LogP contribution in [-0.4, -0.2) is 15.9 Å². The van der Waals surface area contributed by atoms with Gasteiger partial charge >= 0.3 is 0 Å². The van der Waals surface area contributed by atoms with Gasteiger partial charge in [-0.15, -0.1) is 0 Å². The van der Waals surface area contributed by atoms with E-state index in [2.05, 4.69) is 15.3 Å². The number of carbonyl (C=O) groups excluding carboxylic acids is 1. The molecule has 0 bridgehead atoms. The third kappa shape index (κ3) is 3.54. The maximum absolute atomic E-state index is 12.4. The van der Waals surface area contributed by atoms with Crippen LogP contribution in [0.3, 0.4) is 0 Å². The van der Waals surface area contributed by atoms with E-state index in [1.165, 1.54) is 6.42 Å². The molecule has 1 aliphatic carbocycles. The summed E-state index contributed by atoms with van der Waals surface area (Å²) in [4.78, 5) is 20.3. The van der Waals surface area contributed by atoms with Crippen LogP contribution in [0.15, 0.2) is 42.5 Å². The molecule has 1 amide bonds. The molecular weight excluding hydrogens is 334 g/mol. The Morgan fingerprint density at radius 2 is 1.84 bits per heavy atom. The number of halogens is 1. The number of hydrogen-bond donors (Lipinski definition) is 2. The van der Waals surface area contributed by atoms with Gasteiger partial charge in [-0.3, -0.25) is 4.79 Å². The molecule has 0 unspecified atom stereocenters. The number of fused-ring (bicyclic) bond motifs is 1. The number of anilines is 1. The van der Waals surface area contributed by atoms with Gasteiger partial charge < -0.3 is 10.3 Å². The second-order valence-electron chi connectivity index (χ2n) is 6.65. The molecule has 1 saturated carbocycles. The second-order valence-corrected chi connectivity index (χ2v) is 7.08. The van der Waals surface area contributed by atoms with Gasteiger partial charge in [0.1, 0.15) is 5.82 Å². The fourth-order valence-electron chi connectivity index (χ4n) is 3.44. The topological polar surface area (TPSA) is 57.8 Å². The molecule has 0 atom stereocenters. The first-order valence-electron chi connectivity index (χ1n) is 8.75. The number of carbonyl (C=O) groups is 1. The van der Waals surface area contributed by atoms with Crippen LogP contribution in [0.5, 0.6) is 0 Å². The lowest BCUT2D eigenvalue weighted by Crippen LogP contribution is -2.24. The lowest BCUT2D eigenvalue weighted by atomic mass is 9.88. The highest BCUT2D eigenvalue weighted by Gasteiger charge is 2.21. The summed E-state index contributed by atoms with van der Waals surface area (Å²) in [5.41, 5.74) is 3.58. The van der Waals surface area contributed by atoms with E-state index in [0.29, 0.717) is 5.02 Å². The fourth-order valence-corrected chi connectivity index (χ4v) is 3.57. The number of benzene rings is 2. The molecule has 2 aromatic carbocycles. The Kier molecular flexibility index (Phi) is 4.45. The molecule has 4 rings (SSSR count). The molecule has 1 aliphatic rings. The van der Waals surface area contributed by atoms with Gasteiger partial charge in [0.2, 0.25) is 5.91 Å². The number of imidazole rings is 1. The van der Waals surface area contributed by atoms with Crippen LogP contribution < -0.4 is 5.32 Å². The van der Waals surface area contributed by atoms with E-state index in [9.17, 15) is 4.79 Å². The van der Waals surface area contributed by atoms with Gasteiger partial charge in [-0.25, -0.2) is 4.98 Å². The average molecular weight is 354 g/mol. The molecule has 1 aromatic heterocycles. The highest BCUT2D eigenvalue weighted by atomic mass is 35.5. The summed E-state index contributed by atoms with van der Waals surface area (Å²) in [7, 11) is 0. The Bertz CT molecular complexity index is 895. The zero-order chi connectivity index (χ0) is 17.2. The van der Waals surface area contributed by atoms with Gasteiger partial charge in [-0.1, -0.05) is 30.9 Å². The summed E-state index contributed by atoms with van der Waals surface area (Å²) in [6, 6.07) is 13.4. The molecular formula is C20H20ClN3O. The Labute approximate surface area is 151 Å². The molecule has 2 N–H and O–H groups in total. The number of rotatable bonds is 3. The highest BCUT2D eigenvalue weighted by molar-refractivity contribution is 6.30. The molecule has 3 aromatic rings. The summed E-state index contributed by atoms with van der Waals surface area (Å²) in [5, 5.41) is 3.76. The van der Waals surface area contributed by atoms with E-state index in [1.807, 2.05) is 42.5 Å². The smallest absolute Gasteiger partial charge is 0.227 e. The molecule has 0 spiro atoms. The number of amides is 1. The third-order valence-corrected chi connectivity index (χ3v) is 5.10. The SMILES string of the molecule is O=C(Nc1ccc2nc(-c3ccc(Cl)cc3)[nH]c2c1)C1CCCCC1. The zero-order valence-corrected chi connectivity index (χ0v) is 14.6. The summed E-state index contributed by atoms with van der Waals surface area (Å²) in [6.45, 7) is 0. The first-order chi connectivity index (χ1) is 12.2. The quantitative estimate of drug-likeness (QED) is 0.662. The summed E-state index contributed by atoms with van der Waals surface area (Å²) >= 11 is 5.94. The average Bonchev–Trinajstić information content (AvgIpc) is 3.06. The number of aromatic nitrogens is 2. The summed E-state index contributed by atoms with van der Waals surface area (Å²) < 4.78 is 0. The molecule has 5 heteroatoms. The minimum atomic E-state index is 0.136. The standard InChI is InChI=1S/C20H20ClN3O/c21-15-8-6-13(7-9-15)19-23-17-11-10-16(12-18(17)24-19)22-20(25)14-4-2-1-3-5-14/h6-12,14H,1-5H2,(H,22,25)(H,23,24). The summed E-state index contributed by atoms with van der Waals surface area (Å²) in [5.74, 6) is 1.08. The molecule has 25 heavy (non-hydrogen) atoms. The minimum absolute atomic E-state index is 0.136. The molecule has 0 aliphatic heterocycles. The van der Waals surface area contributed by atoms with Crippen molar-refractivity contribution in [1.82, 2.24) is 9.97 Å². The molecule has 0 radical (unpaired) electrons. The second kappa shape index (κ2) is 6.89. The Hall–Kier alpha value is -2.33.